The van der Waals surface area contributed by atoms with Crippen molar-refractivity contribution in [3.63, 3.8) is 0 Å². The molecule has 0 bridgehead atoms. The fourth-order valence-electron chi connectivity index (χ4n) is 2.61. The number of likely N-dealkylation sites (tertiary alicyclic amines) is 1. The van der Waals surface area contributed by atoms with Crippen molar-refractivity contribution in [2.75, 3.05) is 39.1 Å². The first kappa shape index (κ1) is 16.0. The van der Waals surface area contributed by atoms with E-state index in [1.54, 1.807) is 25.3 Å². The molecule has 5 nitrogen and oxygen atoms in total. The van der Waals surface area contributed by atoms with Gasteiger partial charge in [0.1, 0.15) is 0 Å². The van der Waals surface area contributed by atoms with Gasteiger partial charge in [-0.05, 0) is 37.1 Å². The summed E-state index contributed by atoms with van der Waals surface area (Å²) in [5.41, 5.74) is 0.373. The van der Waals surface area contributed by atoms with Gasteiger partial charge in [0.05, 0.1) is 28.9 Å². The van der Waals surface area contributed by atoms with E-state index in [0.29, 0.717) is 18.0 Å². The molecule has 1 aromatic carbocycles. The first-order valence-electron chi connectivity index (χ1n) is 6.99. The average molecular weight is 308 g/mol. The van der Waals surface area contributed by atoms with Gasteiger partial charge in [-0.25, -0.2) is 8.42 Å². The van der Waals surface area contributed by atoms with Gasteiger partial charge in [0.15, 0.2) is 9.84 Å². The molecular weight excluding hydrogens is 288 g/mol. The van der Waals surface area contributed by atoms with Gasteiger partial charge in [0.2, 0.25) is 0 Å². The molecule has 0 spiro atoms. The lowest BCUT2D eigenvalue weighted by atomic mass is 10.1. The summed E-state index contributed by atoms with van der Waals surface area (Å²) >= 11 is 0. The van der Waals surface area contributed by atoms with Crippen LogP contribution in [0.25, 0.3) is 0 Å². The molecule has 0 saturated carbocycles. The number of benzene rings is 1. The summed E-state index contributed by atoms with van der Waals surface area (Å²) < 4.78 is 29.7. The predicted molar refractivity (Wildman–Crippen MR) is 79.6 cm³/mol. The second kappa shape index (κ2) is 7.03. The summed E-state index contributed by atoms with van der Waals surface area (Å²) in [6.45, 7) is 3.07. The number of ether oxygens (including phenoxy) is 1. The highest BCUT2D eigenvalue weighted by molar-refractivity contribution is 7.91. The Morgan fingerprint density at radius 3 is 3.00 bits per heavy atom. The van der Waals surface area contributed by atoms with E-state index < -0.39 is 9.84 Å². The molecule has 1 aliphatic rings. The van der Waals surface area contributed by atoms with Gasteiger partial charge in [0, 0.05) is 20.2 Å². The van der Waals surface area contributed by atoms with Crippen molar-refractivity contribution in [2.45, 2.75) is 11.3 Å². The Labute approximate surface area is 126 Å². The predicted octanol–water partition coefficient (Wildman–Crippen LogP) is 1.30. The molecule has 0 amide bonds. The molecule has 0 aromatic heterocycles. The lowest BCUT2D eigenvalue weighted by Gasteiger charge is -2.15. The minimum Gasteiger partial charge on any atom is -0.384 e. The van der Waals surface area contributed by atoms with Crippen molar-refractivity contribution in [1.82, 2.24) is 4.90 Å². The van der Waals surface area contributed by atoms with E-state index in [2.05, 4.69) is 4.90 Å². The lowest BCUT2D eigenvalue weighted by molar-refractivity contribution is 0.154. The van der Waals surface area contributed by atoms with Gasteiger partial charge in [-0.1, -0.05) is 6.07 Å². The zero-order valence-corrected chi connectivity index (χ0v) is 13.0. The van der Waals surface area contributed by atoms with Crippen LogP contribution in [-0.2, 0) is 14.6 Å². The monoisotopic (exact) mass is 308 g/mol. The highest BCUT2D eigenvalue weighted by Crippen LogP contribution is 2.18. The molecule has 6 heteroatoms. The van der Waals surface area contributed by atoms with E-state index >= 15 is 0 Å². The number of hydrogen-bond acceptors (Lipinski definition) is 5. The number of methoxy groups -OCH3 is 1. The summed E-state index contributed by atoms with van der Waals surface area (Å²) in [6, 6.07) is 8.17. The van der Waals surface area contributed by atoms with Gasteiger partial charge in [-0.3, -0.25) is 0 Å². The molecule has 0 N–H and O–H groups in total. The van der Waals surface area contributed by atoms with E-state index in [1.807, 2.05) is 6.07 Å². The second-order valence-corrected chi connectivity index (χ2v) is 7.48. The Morgan fingerprint density at radius 1 is 1.48 bits per heavy atom. The molecule has 1 aliphatic heterocycles. The maximum Gasteiger partial charge on any atom is 0.179 e. The largest absolute Gasteiger partial charge is 0.384 e. The zero-order valence-electron chi connectivity index (χ0n) is 12.2. The fraction of sp³-hybridized carbons (Fsp3) is 0.533. The van der Waals surface area contributed by atoms with Crippen LogP contribution in [-0.4, -0.2) is 52.4 Å². The van der Waals surface area contributed by atoms with Crippen molar-refractivity contribution in [1.29, 1.82) is 5.26 Å². The van der Waals surface area contributed by atoms with Gasteiger partial charge in [0.25, 0.3) is 0 Å². The second-order valence-electron chi connectivity index (χ2n) is 5.37. The Bertz CT molecular complexity index is 622. The van der Waals surface area contributed by atoms with Crippen molar-refractivity contribution in [2.24, 2.45) is 5.92 Å². The summed E-state index contributed by atoms with van der Waals surface area (Å²) in [4.78, 5) is 2.39. The first-order chi connectivity index (χ1) is 10.0. The van der Waals surface area contributed by atoms with E-state index in [9.17, 15) is 8.42 Å². The lowest BCUT2D eigenvalue weighted by Crippen LogP contribution is -2.28. The third-order valence-corrected chi connectivity index (χ3v) is 5.46. The highest BCUT2D eigenvalue weighted by atomic mass is 32.2. The number of sulfone groups is 1. The number of nitrogens with zero attached hydrogens (tertiary/aromatic N) is 2. The normalized spacial score (nSPS) is 19.5. The first-order valence-corrected chi connectivity index (χ1v) is 8.64. The Morgan fingerprint density at radius 2 is 2.29 bits per heavy atom. The fourth-order valence-corrected chi connectivity index (χ4v) is 3.94. The zero-order chi connectivity index (χ0) is 15.3. The molecule has 21 heavy (non-hydrogen) atoms. The van der Waals surface area contributed by atoms with Crippen LogP contribution in [0, 0.1) is 17.2 Å². The van der Waals surface area contributed by atoms with Gasteiger partial charge in [-0.15, -0.1) is 0 Å². The summed E-state index contributed by atoms with van der Waals surface area (Å²) in [6.07, 6.45) is 1.05. The smallest absolute Gasteiger partial charge is 0.179 e. The summed E-state index contributed by atoms with van der Waals surface area (Å²) in [5.74, 6) is 0.585. The number of nitriles is 1. The Kier molecular flexibility index (Phi) is 5.34. The van der Waals surface area contributed by atoms with Gasteiger partial charge in [-0.2, -0.15) is 5.26 Å². The van der Waals surface area contributed by atoms with Crippen LogP contribution in [0.15, 0.2) is 29.2 Å². The minimum absolute atomic E-state index is 0.0849. The van der Waals surface area contributed by atoms with Crippen LogP contribution in [0.2, 0.25) is 0 Å². The summed E-state index contributed by atoms with van der Waals surface area (Å²) in [5, 5.41) is 8.85. The van der Waals surface area contributed by atoms with Crippen LogP contribution in [0.1, 0.15) is 12.0 Å². The Balaban J connectivity index is 1.94. The van der Waals surface area contributed by atoms with E-state index in [0.717, 1.165) is 26.1 Å². The van der Waals surface area contributed by atoms with E-state index in [1.165, 1.54) is 6.07 Å². The molecule has 1 aromatic rings. The number of rotatable bonds is 6. The maximum atomic E-state index is 12.3. The van der Waals surface area contributed by atoms with Crippen LogP contribution < -0.4 is 0 Å². The molecule has 1 heterocycles. The molecule has 2 rings (SSSR count). The van der Waals surface area contributed by atoms with Crippen LogP contribution in [0.5, 0.6) is 0 Å². The third-order valence-electron chi connectivity index (χ3n) is 3.77. The highest BCUT2D eigenvalue weighted by Gasteiger charge is 2.24. The standard InChI is InChI=1S/C15H20N2O3S/c1-20-12-14-5-6-17(11-14)7-8-21(18,19)15-4-2-3-13(9-15)10-16/h2-4,9,14H,5-8,11-12H2,1H3. The quantitative estimate of drug-likeness (QED) is 0.792. The molecule has 0 aliphatic carbocycles. The maximum absolute atomic E-state index is 12.3. The van der Waals surface area contributed by atoms with Gasteiger partial charge >= 0.3 is 0 Å². The van der Waals surface area contributed by atoms with Crippen LogP contribution in [0.3, 0.4) is 0 Å². The minimum atomic E-state index is -3.33. The molecule has 114 valence electrons. The molecular formula is C15H20N2O3S. The molecule has 0 radical (unpaired) electrons. The van der Waals surface area contributed by atoms with Crippen LogP contribution >= 0.6 is 0 Å². The molecule has 1 saturated heterocycles. The van der Waals surface area contributed by atoms with E-state index in [-0.39, 0.29) is 10.6 Å². The third kappa shape index (κ3) is 4.27. The van der Waals surface area contributed by atoms with Crippen molar-refractivity contribution >= 4 is 9.84 Å². The van der Waals surface area contributed by atoms with Crippen LogP contribution in [0.4, 0.5) is 0 Å². The summed E-state index contributed by atoms with van der Waals surface area (Å²) in [7, 11) is -1.64. The topological polar surface area (TPSA) is 70.4 Å². The number of hydrogen-bond donors (Lipinski definition) is 0. The Hall–Kier alpha value is -1.42. The average Bonchev–Trinajstić information content (AvgIpc) is 2.93. The molecule has 1 atom stereocenters. The molecule has 1 unspecified atom stereocenters. The molecule has 1 fully saturated rings. The van der Waals surface area contributed by atoms with Crippen molar-refractivity contribution < 1.29 is 13.2 Å². The van der Waals surface area contributed by atoms with Crippen molar-refractivity contribution in [3.05, 3.63) is 29.8 Å². The van der Waals surface area contributed by atoms with Gasteiger partial charge < -0.3 is 9.64 Å². The van der Waals surface area contributed by atoms with E-state index in [4.69, 9.17) is 10.00 Å². The SMILES string of the molecule is COCC1CCN(CCS(=O)(=O)c2cccc(C#N)c2)C1. The van der Waals surface area contributed by atoms with Crippen molar-refractivity contribution in [3.8, 4) is 6.07 Å².